The van der Waals surface area contributed by atoms with Gasteiger partial charge < -0.3 is 10.6 Å². The number of carbonyl (C=O) groups excluding carboxylic acids is 1. The number of hydrogen-bond acceptors (Lipinski definition) is 4. The van der Waals surface area contributed by atoms with Crippen LogP contribution in [0.2, 0.25) is 4.34 Å². The topological polar surface area (TPSA) is 54.0 Å². The number of nitrogens with one attached hydrogen (secondary N) is 2. The predicted molar refractivity (Wildman–Crippen MR) is 81.8 cm³/mol. The van der Waals surface area contributed by atoms with Gasteiger partial charge in [0, 0.05) is 29.9 Å². The molecule has 106 valence electrons. The Balaban J connectivity index is 1.72. The SMILES string of the molecule is C[C@H](NCC(=O)NCc1cccnc1)c1ccc(Cl)s1. The summed E-state index contributed by atoms with van der Waals surface area (Å²) in [7, 11) is 0. The van der Waals surface area contributed by atoms with Crippen molar-refractivity contribution in [1.82, 2.24) is 15.6 Å². The molecule has 0 aliphatic carbocycles. The molecule has 0 unspecified atom stereocenters. The number of amides is 1. The maximum absolute atomic E-state index is 11.7. The van der Waals surface area contributed by atoms with Crippen LogP contribution in [0.5, 0.6) is 0 Å². The highest BCUT2D eigenvalue weighted by Crippen LogP contribution is 2.26. The van der Waals surface area contributed by atoms with E-state index in [4.69, 9.17) is 11.6 Å². The minimum Gasteiger partial charge on any atom is -0.351 e. The van der Waals surface area contributed by atoms with E-state index >= 15 is 0 Å². The molecule has 0 saturated carbocycles. The lowest BCUT2D eigenvalue weighted by atomic mass is 10.2. The molecule has 1 atom stereocenters. The van der Waals surface area contributed by atoms with E-state index in [-0.39, 0.29) is 18.5 Å². The van der Waals surface area contributed by atoms with Crippen LogP contribution in [0.15, 0.2) is 36.7 Å². The van der Waals surface area contributed by atoms with Crippen molar-refractivity contribution in [2.45, 2.75) is 19.5 Å². The zero-order valence-electron chi connectivity index (χ0n) is 11.1. The summed E-state index contributed by atoms with van der Waals surface area (Å²) in [6, 6.07) is 7.72. The number of aromatic nitrogens is 1. The van der Waals surface area contributed by atoms with Crippen molar-refractivity contribution >= 4 is 28.8 Å². The standard InChI is InChI=1S/C14H16ClN3OS/c1-10(12-4-5-13(15)20-12)17-9-14(19)18-8-11-3-2-6-16-7-11/h2-7,10,17H,8-9H2,1H3,(H,18,19)/t10-/m0/s1. The fraction of sp³-hybridized carbons (Fsp3) is 0.286. The maximum atomic E-state index is 11.7. The number of thiophene rings is 1. The molecule has 0 spiro atoms. The van der Waals surface area contributed by atoms with E-state index < -0.39 is 0 Å². The van der Waals surface area contributed by atoms with Crippen molar-refractivity contribution in [3.8, 4) is 0 Å². The maximum Gasteiger partial charge on any atom is 0.234 e. The third kappa shape index (κ3) is 4.59. The molecule has 1 amide bonds. The van der Waals surface area contributed by atoms with Crippen molar-refractivity contribution in [1.29, 1.82) is 0 Å². The first-order chi connectivity index (χ1) is 9.65. The van der Waals surface area contributed by atoms with Gasteiger partial charge in [0.2, 0.25) is 5.91 Å². The normalized spacial score (nSPS) is 12.1. The molecule has 0 aromatic carbocycles. The Bertz CT molecular complexity index is 559. The van der Waals surface area contributed by atoms with Crippen LogP contribution < -0.4 is 10.6 Å². The van der Waals surface area contributed by atoms with Gasteiger partial charge in [-0.25, -0.2) is 0 Å². The number of pyridine rings is 1. The smallest absolute Gasteiger partial charge is 0.234 e. The zero-order chi connectivity index (χ0) is 14.4. The highest BCUT2D eigenvalue weighted by Gasteiger charge is 2.09. The second kappa shape index (κ2) is 7.38. The van der Waals surface area contributed by atoms with Gasteiger partial charge >= 0.3 is 0 Å². The van der Waals surface area contributed by atoms with E-state index in [0.717, 1.165) is 14.8 Å². The molecule has 2 heterocycles. The van der Waals surface area contributed by atoms with Crippen LogP contribution in [0.1, 0.15) is 23.4 Å². The van der Waals surface area contributed by atoms with Gasteiger partial charge in [0.1, 0.15) is 0 Å². The van der Waals surface area contributed by atoms with Gasteiger partial charge in [0.05, 0.1) is 10.9 Å². The van der Waals surface area contributed by atoms with Crippen LogP contribution in [0.4, 0.5) is 0 Å². The lowest BCUT2D eigenvalue weighted by molar-refractivity contribution is -0.120. The molecular weight excluding hydrogens is 294 g/mol. The van der Waals surface area contributed by atoms with E-state index in [0.29, 0.717) is 6.54 Å². The Hall–Kier alpha value is -1.43. The molecule has 0 saturated heterocycles. The van der Waals surface area contributed by atoms with Crippen molar-refractivity contribution in [2.24, 2.45) is 0 Å². The zero-order valence-corrected chi connectivity index (χ0v) is 12.7. The Kier molecular flexibility index (Phi) is 5.52. The van der Waals surface area contributed by atoms with Gasteiger partial charge in [-0.05, 0) is 30.7 Å². The fourth-order valence-electron chi connectivity index (χ4n) is 1.67. The Morgan fingerprint density at radius 3 is 2.95 bits per heavy atom. The summed E-state index contributed by atoms with van der Waals surface area (Å²) in [5.41, 5.74) is 0.985. The van der Waals surface area contributed by atoms with Crippen LogP contribution in [-0.2, 0) is 11.3 Å². The highest BCUT2D eigenvalue weighted by molar-refractivity contribution is 7.16. The molecular formula is C14H16ClN3OS. The molecule has 0 radical (unpaired) electrons. The van der Waals surface area contributed by atoms with Crippen LogP contribution in [0, 0.1) is 0 Å². The summed E-state index contributed by atoms with van der Waals surface area (Å²) in [4.78, 5) is 16.9. The number of carbonyl (C=O) groups is 1. The quantitative estimate of drug-likeness (QED) is 0.862. The Labute approximate surface area is 127 Å². The monoisotopic (exact) mass is 309 g/mol. The van der Waals surface area contributed by atoms with E-state index in [2.05, 4.69) is 15.6 Å². The Morgan fingerprint density at radius 1 is 1.45 bits per heavy atom. The molecule has 20 heavy (non-hydrogen) atoms. The van der Waals surface area contributed by atoms with Gasteiger partial charge in [-0.3, -0.25) is 9.78 Å². The largest absolute Gasteiger partial charge is 0.351 e. The minimum atomic E-state index is -0.0386. The van der Waals surface area contributed by atoms with E-state index in [1.165, 1.54) is 11.3 Å². The van der Waals surface area contributed by atoms with E-state index in [1.54, 1.807) is 12.4 Å². The van der Waals surface area contributed by atoms with Crippen molar-refractivity contribution < 1.29 is 4.79 Å². The molecule has 2 rings (SSSR count). The van der Waals surface area contributed by atoms with Gasteiger partial charge in [0.15, 0.2) is 0 Å². The third-order valence-electron chi connectivity index (χ3n) is 2.80. The molecule has 0 aliphatic heterocycles. The third-order valence-corrected chi connectivity index (χ3v) is 4.22. The molecule has 2 N–H and O–H groups in total. The predicted octanol–water partition coefficient (Wildman–Crippen LogP) is 2.76. The molecule has 6 heteroatoms. The average Bonchev–Trinajstić information content (AvgIpc) is 2.90. The summed E-state index contributed by atoms with van der Waals surface area (Å²) in [6.45, 7) is 2.78. The van der Waals surface area contributed by atoms with E-state index in [9.17, 15) is 4.79 Å². The molecule has 0 bridgehead atoms. The number of hydrogen-bond donors (Lipinski definition) is 2. The van der Waals surface area contributed by atoms with E-state index in [1.807, 2.05) is 31.2 Å². The molecule has 2 aromatic rings. The molecule has 0 fully saturated rings. The molecule has 0 aliphatic rings. The first-order valence-electron chi connectivity index (χ1n) is 6.29. The van der Waals surface area contributed by atoms with Crippen LogP contribution in [-0.4, -0.2) is 17.4 Å². The molecule has 4 nitrogen and oxygen atoms in total. The fourth-order valence-corrected chi connectivity index (χ4v) is 2.76. The lowest BCUT2D eigenvalue weighted by Crippen LogP contribution is -2.34. The van der Waals surface area contributed by atoms with Crippen LogP contribution >= 0.6 is 22.9 Å². The summed E-state index contributed by atoms with van der Waals surface area (Å²) < 4.78 is 0.759. The minimum absolute atomic E-state index is 0.0386. The highest BCUT2D eigenvalue weighted by atomic mass is 35.5. The number of rotatable bonds is 6. The second-order valence-electron chi connectivity index (χ2n) is 4.38. The second-order valence-corrected chi connectivity index (χ2v) is 6.13. The first-order valence-corrected chi connectivity index (χ1v) is 7.49. The van der Waals surface area contributed by atoms with Gasteiger partial charge in [-0.2, -0.15) is 0 Å². The van der Waals surface area contributed by atoms with Crippen molar-refractivity contribution in [3.05, 3.63) is 51.4 Å². The summed E-state index contributed by atoms with van der Waals surface area (Å²) in [5.74, 6) is -0.0386. The Morgan fingerprint density at radius 2 is 2.30 bits per heavy atom. The van der Waals surface area contributed by atoms with Gasteiger partial charge in [-0.15, -0.1) is 11.3 Å². The molecule has 2 aromatic heterocycles. The van der Waals surface area contributed by atoms with Crippen LogP contribution in [0.25, 0.3) is 0 Å². The van der Waals surface area contributed by atoms with Gasteiger partial charge in [0.25, 0.3) is 0 Å². The van der Waals surface area contributed by atoms with Crippen LogP contribution in [0.3, 0.4) is 0 Å². The van der Waals surface area contributed by atoms with Gasteiger partial charge in [-0.1, -0.05) is 17.7 Å². The first kappa shape index (κ1) is 15.0. The summed E-state index contributed by atoms with van der Waals surface area (Å²) in [6.07, 6.45) is 3.45. The van der Waals surface area contributed by atoms with Crippen molar-refractivity contribution in [3.63, 3.8) is 0 Å². The number of nitrogens with zero attached hydrogens (tertiary/aromatic N) is 1. The summed E-state index contributed by atoms with van der Waals surface area (Å²) in [5, 5.41) is 6.02. The number of halogens is 1. The lowest BCUT2D eigenvalue weighted by Gasteiger charge is -2.12. The average molecular weight is 310 g/mol. The van der Waals surface area contributed by atoms with Crippen molar-refractivity contribution in [2.75, 3.05) is 6.54 Å². The summed E-state index contributed by atoms with van der Waals surface area (Å²) >= 11 is 7.41.